The van der Waals surface area contributed by atoms with Gasteiger partial charge in [-0.3, -0.25) is 4.98 Å². The number of aryl methyl sites for hydroxylation is 1. The lowest BCUT2D eigenvalue weighted by molar-refractivity contribution is 0.580. The van der Waals surface area contributed by atoms with Crippen molar-refractivity contribution in [2.24, 2.45) is 0 Å². The van der Waals surface area contributed by atoms with E-state index >= 15 is 0 Å². The van der Waals surface area contributed by atoms with Crippen LogP contribution in [0.5, 0.6) is 0 Å². The van der Waals surface area contributed by atoms with Crippen LogP contribution in [0, 0.1) is 13.8 Å². The van der Waals surface area contributed by atoms with Gasteiger partial charge in [-0.25, -0.2) is 13.1 Å². The van der Waals surface area contributed by atoms with Crippen LogP contribution in [0.25, 0.3) is 0 Å². The van der Waals surface area contributed by atoms with Crippen LogP contribution in [0.4, 0.5) is 0 Å². The molecule has 2 heterocycles. The molecule has 1 aromatic carbocycles. The fourth-order valence-electron chi connectivity index (χ4n) is 3.82. The normalized spacial score (nSPS) is 12.7. The van der Waals surface area contributed by atoms with Gasteiger partial charge >= 0.3 is 0 Å². The van der Waals surface area contributed by atoms with Crippen molar-refractivity contribution in [2.75, 3.05) is 0 Å². The van der Waals surface area contributed by atoms with Crippen molar-refractivity contribution in [3.8, 4) is 0 Å². The SMILES string of the molecule is C/C=C(Cl)\C=C\Sc1c(C(C)C)c(CNS(=O)(=O)c2ccc(C)cc2)c(C)n1Cc1ccncc1. The van der Waals surface area contributed by atoms with Crippen molar-refractivity contribution in [3.05, 3.63) is 99.3 Å². The minimum absolute atomic E-state index is 0.194. The Morgan fingerprint density at radius 2 is 1.80 bits per heavy atom. The zero-order valence-corrected chi connectivity index (χ0v) is 23.1. The number of pyridine rings is 1. The van der Waals surface area contributed by atoms with E-state index in [4.69, 9.17) is 11.6 Å². The molecule has 0 bridgehead atoms. The number of nitrogens with one attached hydrogen (secondary N) is 1. The Bertz CT molecular complexity index is 1310. The van der Waals surface area contributed by atoms with Gasteiger partial charge in [0.1, 0.15) is 0 Å². The van der Waals surface area contributed by atoms with Crippen LogP contribution >= 0.6 is 23.4 Å². The third-order valence-electron chi connectivity index (χ3n) is 5.76. The van der Waals surface area contributed by atoms with Gasteiger partial charge in [0.05, 0.1) is 9.92 Å². The number of benzene rings is 1. The molecule has 2 aromatic heterocycles. The number of sulfonamides is 1. The minimum Gasteiger partial charge on any atom is -0.335 e. The first-order chi connectivity index (χ1) is 16.6. The maximum Gasteiger partial charge on any atom is 0.240 e. The second-order valence-electron chi connectivity index (χ2n) is 8.61. The molecule has 0 spiro atoms. The quantitative estimate of drug-likeness (QED) is 0.229. The van der Waals surface area contributed by atoms with Gasteiger partial charge < -0.3 is 4.57 Å². The van der Waals surface area contributed by atoms with E-state index < -0.39 is 10.0 Å². The summed E-state index contributed by atoms with van der Waals surface area (Å²) in [5, 5.41) is 3.72. The molecule has 3 aromatic rings. The highest BCUT2D eigenvalue weighted by molar-refractivity contribution is 8.02. The molecule has 5 nitrogen and oxygen atoms in total. The van der Waals surface area contributed by atoms with Crippen molar-refractivity contribution in [3.63, 3.8) is 0 Å². The Balaban J connectivity index is 2.03. The summed E-state index contributed by atoms with van der Waals surface area (Å²) in [6, 6.07) is 10.9. The van der Waals surface area contributed by atoms with Crippen LogP contribution in [0.2, 0.25) is 0 Å². The van der Waals surface area contributed by atoms with Crippen LogP contribution in [0.1, 0.15) is 54.6 Å². The van der Waals surface area contributed by atoms with Crippen LogP contribution < -0.4 is 4.72 Å². The van der Waals surface area contributed by atoms with Gasteiger partial charge in [-0.2, -0.15) is 0 Å². The van der Waals surface area contributed by atoms with E-state index in [1.54, 1.807) is 36.3 Å². The number of nitrogens with zero attached hydrogens (tertiary/aromatic N) is 2. The van der Waals surface area contributed by atoms with Crippen LogP contribution in [-0.2, 0) is 23.1 Å². The first-order valence-electron chi connectivity index (χ1n) is 11.5. The molecule has 0 saturated carbocycles. The molecule has 8 heteroatoms. The van der Waals surface area contributed by atoms with Crippen LogP contribution in [0.15, 0.2) is 81.3 Å². The van der Waals surface area contributed by atoms with E-state index in [0.29, 0.717) is 11.6 Å². The molecule has 186 valence electrons. The first kappa shape index (κ1) is 27.3. The molecule has 1 N–H and O–H groups in total. The molecular formula is C27H32ClN3O2S2. The van der Waals surface area contributed by atoms with E-state index in [9.17, 15) is 8.42 Å². The third-order valence-corrected chi connectivity index (χ3v) is 8.46. The van der Waals surface area contributed by atoms with Gasteiger partial charge in [-0.15, -0.1) is 0 Å². The molecule has 0 atom stereocenters. The van der Waals surface area contributed by atoms with Gasteiger partial charge in [0, 0.05) is 36.2 Å². The Kier molecular flexibility index (Phi) is 9.41. The maximum atomic E-state index is 13.0. The largest absolute Gasteiger partial charge is 0.335 e. The summed E-state index contributed by atoms with van der Waals surface area (Å²) < 4.78 is 31.1. The van der Waals surface area contributed by atoms with Crippen molar-refractivity contribution in [1.82, 2.24) is 14.3 Å². The summed E-state index contributed by atoms with van der Waals surface area (Å²) >= 11 is 7.77. The summed E-state index contributed by atoms with van der Waals surface area (Å²) in [5.74, 6) is 0.194. The number of thioether (sulfide) groups is 1. The van der Waals surface area contributed by atoms with E-state index in [0.717, 1.165) is 33.0 Å². The molecule has 0 unspecified atom stereocenters. The number of hydrogen-bond donors (Lipinski definition) is 1. The molecular weight excluding hydrogens is 498 g/mol. The zero-order chi connectivity index (χ0) is 25.6. The van der Waals surface area contributed by atoms with Crippen molar-refractivity contribution >= 4 is 33.4 Å². The summed E-state index contributed by atoms with van der Waals surface area (Å²) in [5.41, 5.74) is 5.30. The number of hydrogen-bond acceptors (Lipinski definition) is 4. The summed E-state index contributed by atoms with van der Waals surface area (Å²) in [4.78, 5) is 4.39. The molecule has 0 aliphatic heterocycles. The second-order valence-corrected chi connectivity index (χ2v) is 11.7. The average molecular weight is 530 g/mol. The predicted octanol–water partition coefficient (Wildman–Crippen LogP) is 6.90. The van der Waals surface area contributed by atoms with Crippen LogP contribution in [0.3, 0.4) is 0 Å². The van der Waals surface area contributed by atoms with Gasteiger partial charge in [0.15, 0.2) is 0 Å². The molecule has 0 aliphatic rings. The van der Waals surface area contributed by atoms with Crippen molar-refractivity contribution < 1.29 is 8.42 Å². The maximum absolute atomic E-state index is 13.0. The monoisotopic (exact) mass is 529 g/mol. The highest BCUT2D eigenvalue weighted by Gasteiger charge is 2.24. The zero-order valence-electron chi connectivity index (χ0n) is 20.7. The number of allylic oxidation sites excluding steroid dienone is 3. The van der Waals surface area contributed by atoms with E-state index in [2.05, 4.69) is 35.0 Å². The molecule has 0 amide bonds. The lowest BCUT2D eigenvalue weighted by Crippen LogP contribution is -2.24. The lowest BCUT2D eigenvalue weighted by Gasteiger charge is -2.13. The fourth-order valence-corrected chi connectivity index (χ4v) is 6.11. The van der Waals surface area contributed by atoms with E-state index in [1.807, 2.05) is 55.7 Å². The highest BCUT2D eigenvalue weighted by atomic mass is 35.5. The third kappa shape index (κ3) is 6.88. The van der Waals surface area contributed by atoms with Gasteiger partial charge in [0.2, 0.25) is 10.0 Å². The molecule has 0 radical (unpaired) electrons. The van der Waals surface area contributed by atoms with E-state index in [1.165, 1.54) is 0 Å². The summed E-state index contributed by atoms with van der Waals surface area (Å²) in [6.45, 7) is 11.0. The summed E-state index contributed by atoms with van der Waals surface area (Å²) in [7, 11) is -3.64. The van der Waals surface area contributed by atoms with Gasteiger partial charge in [0.25, 0.3) is 0 Å². The van der Waals surface area contributed by atoms with Gasteiger partial charge in [-0.1, -0.05) is 61.0 Å². The minimum atomic E-state index is -3.64. The van der Waals surface area contributed by atoms with Crippen molar-refractivity contribution in [1.29, 1.82) is 0 Å². The molecule has 0 fully saturated rings. The predicted molar refractivity (Wildman–Crippen MR) is 146 cm³/mol. The Hall–Kier alpha value is -2.32. The number of halogens is 1. The van der Waals surface area contributed by atoms with Gasteiger partial charge in [-0.05, 0) is 79.1 Å². The Morgan fingerprint density at radius 1 is 1.14 bits per heavy atom. The standard InChI is InChI=1S/C27H32ClN3O2S2/c1-6-23(28)13-16-34-27-26(19(2)3)25(21(5)31(27)18-22-11-14-29-15-12-22)17-30-35(32,33)24-9-7-20(4)8-10-24/h6-16,19,30H,17-18H2,1-5H3/b16-13+,23-6+. The van der Waals surface area contributed by atoms with E-state index in [-0.39, 0.29) is 17.4 Å². The van der Waals surface area contributed by atoms with Crippen molar-refractivity contribution in [2.45, 2.75) is 63.5 Å². The Morgan fingerprint density at radius 3 is 2.40 bits per heavy atom. The lowest BCUT2D eigenvalue weighted by atomic mass is 10.0. The second kappa shape index (κ2) is 12.1. The first-order valence-corrected chi connectivity index (χ1v) is 14.2. The van der Waals surface area contributed by atoms with Crippen LogP contribution in [-0.4, -0.2) is 18.0 Å². The number of aromatic nitrogens is 2. The topological polar surface area (TPSA) is 64.0 Å². The fraction of sp³-hybridized carbons (Fsp3) is 0.296. The molecule has 0 saturated heterocycles. The molecule has 35 heavy (non-hydrogen) atoms. The smallest absolute Gasteiger partial charge is 0.240 e. The highest BCUT2D eigenvalue weighted by Crippen LogP contribution is 2.37. The summed E-state index contributed by atoms with van der Waals surface area (Å²) in [6.07, 6.45) is 7.28. The molecule has 3 rings (SSSR count). The Labute approximate surface area is 218 Å². The average Bonchev–Trinajstić information content (AvgIpc) is 3.09. The molecule has 0 aliphatic carbocycles. The number of rotatable bonds is 10.